The average molecular weight is 259 g/mol. The lowest BCUT2D eigenvalue weighted by atomic mass is 10.2. The summed E-state index contributed by atoms with van der Waals surface area (Å²) in [6, 6.07) is 10.7. The maximum Gasteiger partial charge on any atom is 0.344 e. The Morgan fingerprint density at radius 1 is 1.16 bits per heavy atom. The van der Waals surface area contributed by atoms with E-state index < -0.39 is 11.9 Å². The standard InChI is InChI=1S/C14H13NO4/c1-18-13(16)10-19-14(17)11-5-4-6-12(9-11)15-7-2-3-8-15/h2-9H,10H2,1H3. The van der Waals surface area contributed by atoms with Crippen LogP contribution in [-0.2, 0) is 14.3 Å². The van der Waals surface area contributed by atoms with Crippen molar-refractivity contribution in [1.29, 1.82) is 0 Å². The first-order chi connectivity index (χ1) is 9.20. The molecule has 0 radical (unpaired) electrons. The Labute approximate surface area is 110 Å². The van der Waals surface area contributed by atoms with Crippen LogP contribution in [0.25, 0.3) is 5.69 Å². The molecule has 2 rings (SSSR count). The van der Waals surface area contributed by atoms with Crippen LogP contribution in [0.1, 0.15) is 10.4 Å². The van der Waals surface area contributed by atoms with Crippen LogP contribution in [0.5, 0.6) is 0 Å². The largest absolute Gasteiger partial charge is 0.466 e. The van der Waals surface area contributed by atoms with Crippen molar-refractivity contribution in [2.75, 3.05) is 13.7 Å². The highest BCUT2D eigenvalue weighted by Gasteiger charge is 2.10. The number of esters is 2. The molecule has 0 fully saturated rings. The molecule has 0 saturated heterocycles. The molecule has 0 aliphatic carbocycles. The number of ether oxygens (including phenoxy) is 2. The molecule has 5 nitrogen and oxygen atoms in total. The van der Waals surface area contributed by atoms with E-state index in [1.165, 1.54) is 7.11 Å². The van der Waals surface area contributed by atoms with Crippen LogP contribution in [0.15, 0.2) is 48.8 Å². The smallest absolute Gasteiger partial charge is 0.344 e. The van der Waals surface area contributed by atoms with Crippen molar-refractivity contribution in [3.05, 3.63) is 54.4 Å². The summed E-state index contributed by atoms with van der Waals surface area (Å²) in [6.45, 7) is -0.386. The number of hydrogen-bond acceptors (Lipinski definition) is 4. The first kappa shape index (κ1) is 12.9. The van der Waals surface area contributed by atoms with Gasteiger partial charge in [0.2, 0.25) is 0 Å². The summed E-state index contributed by atoms with van der Waals surface area (Å²) in [7, 11) is 1.24. The van der Waals surface area contributed by atoms with Crippen LogP contribution in [-0.4, -0.2) is 30.2 Å². The molecule has 2 aromatic rings. The molecule has 0 N–H and O–H groups in total. The minimum atomic E-state index is -0.588. The van der Waals surface area contributed by atoms with Gasteiger partial charge in [0.25, 0.3) is 0 Å². The number of benzene rings is 1. The minimum Gasteiger partial charge on any atom is -0.466 e. The van der Waals surface area contributed by atoms with Crippen molar-refractivity contribution in [2.24, 2.45) is 0 Å². The fourth-order valence-corrected chi connectivity index (χ4v) is 1.57. The van der Waals surface area contributed by atoms with Gasteiger partial charge in [-0.1, -0.05) is 6.07 Å². The number of hydrogen-bond donors (Lipinski definition) is 0. The van der Waals surface area contributed by atoms with Gasteiger partial charge in [-0.25, -0.2) is 9.59 Å². The third kappa shape index (κ3) is 3.22. The number of nitrogens with zero attached hydrogens (tertiary/aromatic N) is 1. The summed E-state index contributed by atoms with van der Waals surface area (Å²) in [5.74, 6) is -1.14. The molecule has 0 aliphatic heterocycles. The molecule has 0 spiro atoms. The van der Waals surface area contributed by atoms with Gasteiger partial charge in [0.05, 0.1) is 12.7 Å². The number of carbonyl (C=O) groups is 2. The Morgan fingerprint density at radius 2 is 1.89 bits per heavy atom. The number of methoxy groups -OCH3 is 1. The third-order valence-electron chi connectivity index (χ3n) is 2.53. The quantitative estimate of drug-likeness (QED) is 0.786. The van der Waals surface area contributed by atoms with E-state index in [1.54, 1.807) is 18.2 Å². The fraction of sp³-hybridized carbons (Fsp3) is 0.143. The van der Waals surface area contributed by atoms with Crippen molar-refractivity contribution in [1.82, 2.24) is 4.57 Å². The van der Waals surface area contributed by atoms with Crippen molar-refractivity contribution >= 4 is 11.9 Å². The lowest BCUT2D eigenvalue weighted by molar-refractivity contribution is -0.144. The minimum absolute atomic E-state index is 0.384. The highest BCUT2D eigenvalue weighted by molar-refractivity contribution is 5.91. The third-order valence-corrected chi connectivity index (χ3v) is 2.53. The van der Waals surface area contributed by atoms with E-state index in [1.807, 2.05) is 35.2 Å². The second-order valence-electron chi connectivity index (χ2n) is 3.79. The maximum atomic E-state index is 11.7. The molecule has 0 unspecified atom stereocenters. The summed E-state index contributed by atoms with van der Waals surface area (Å²) in [4.78, 5) is 22.6. The van der Waals surface area contributed by atoms with E-state index in [-0.39, 0.29) is 6.61 Å². The first-order valence-corrected chi connectivity index (χ1v) is 5.68. The van der Waals surface area contributed by atoms with Crippen LogP contribution in [0.4, 0.5) is 0 Å². The molecule has 19 heavy (non-hydrogen) atoms. The molecule has 0 atom stereocenters. The molecule has 0 aliphatic rings. The zero-order chi connectivity index (χ0) is 13.7. The summed E-state index contributed by atoms with van der Waals surface area (Å²) < 4.78 is 11.1. The van der Waals surface area contributed by atoms with Crippen molar-refractivity contribution < 1.29 is 19.1 Å². The molecule has 0 amide bonds. The zero-order valence-electron chi connectivity index (χ0n) is 10.4. The molecular formula is C14H13NO4. The van der Waals surface area contributed by atoms with Gasteiger partial charge >= 0.3 is 11.9 Å². The van der Waals surface area contributed by atoms with E-state index in [2.05, 4.69) is 4.74 Å². The van der Waals surface area contributed by atoms with Gasteiger partial charge in [-0.2, -0.15) is 0 Å². The second kappa shape index (κ2) is 5.86. The fourth-order valence-electron chi connectivity index (χ4n) is 1.57. The van der Waals surface area contributed by atoms with Crippen LogP contribution < -0.4 is 0 Å². The van der Waals surface area contributed by atoms with Gasteiger partial charge < -0.3 is 14.0 Å². The summed E-state index contributed by atoms with van der Waals surface area (Å²) in [6.07, 6.45) is 3.75. The lowest BCUT2D eigenvalue weighted by Gasteiger charge is -2.06. The number of carbonyl (C=O) groups excluding carboxylic acids is 2. The average Bonchev–Trinajstić information content (AvgIpc) is 2.98. The molecule has 0 bridgehead atoms. The normalized spacial score (nSPS) is 9.95. The predicted octanol–water partition coefficient (Wildman–Crippen LogP) is 1.81. The van der Waals surface area contributed by atoms with Gasteiger partial charge in [-0.05, 0) is 30.3 Å². The van der Waals surface area contributed by atoms with Gasteiger partial charge in [0.15, 0.2) is 6.61 Å². The Hall–Kier alpha value is -2.56. The van der Waals surface area contributed by atoms with Crippen LogP contribution in [0.3, 0.4) is 0 Å². The van der Waals surface area contributed by atoms with Crippen LogP contribution in [0, 0.1) is 0 Å². The molecule has 0 saturated carbocycles. The van der Waals surface area contributed by atoms with Crippen molar-refractivity contribution in [3.8, 4) is 5.69 Å². The Bertz CT molecular complexity index is 575. The first-order valence-electron chi connectivity index (χ1n) is 5.68. The Morgan fingerprint density at radius 3 is 2.58 bits per heavy atom. The van der Waals surface area contributed by atoms with E-state index in [9.17, 15) is 9.59 Å². The molecule has 98 valence electrons. The lowest BCUT2D eigenvalue weighted by Crippen LogP contribution is -2.15. The van der Waals surface area contributed by atoms with Crippen LogP contribution >= 0.6 is 0 Å². The molecule has 1 aromatic carbocycles. The predicted molar refractivity (Wildman–Crippen MR) is 68.1 cm³/mol. The van der Waals surface area contributed by atoms with Crippen LogP contribution in [0.2, 0.25) is 0 Å². The number of rotatable bonds is 4. The highest BCUT2D eigenvalue weighted by Crippen LogP contribution is 2.11. The van der Waals surface area contributed by atoms with Gasteiger partial charge in [0, 0.05) is 18.1 Å². The molecule has 5 heteroatoms. The summed E-state index contributed by atoms with van der Waals surface area (Å²) in [5, 5.41) is 0. The van der Waals surface area contributed by atoms with Gasteiger partial charge in [-0.15, -0.1) is 0 Å². The van der Waals surface area contributed by atoms with Gasteiger partial charge in [0.1, 0.15) is 0 Å². The molecule has 1 aromatic heterocycles. The van der Waals surface area contributed by atoms with E-state index in [0.717, 1.165) is 5.69 Å². The summed E-state index contributed by atoms with van der Waals surface area (Å²) in [5.41, 5.74) is 1.23. The van der Waals surface area contributed by atoms with E-state index in [0.29, 0.717) is 5.56 Å². The topological polar surface area (TPSA) is 57.5 Å². The highest BCUT2D eigenvalue weighted by atomic mass is 16.6. The van der Waals surface area contributed by atoms with E-state index in [4.69, 9.17) is 4.74 Å². The SMILES string of the molecule is COC(=O)COC(=O)c1cccc(-n2cccc2)c1. The van der Waals surface area contributed by atoms with Crippen molar-refractivity contribution in [2.45, 2.75) is 0 Å². The Balaban J connectivity index is 2.10. The summed E-state index contributed by atoms with van der Waals surface area (Å²) >= 11 is 0. The molecule has 1 heterocycles. The Kier molecular flexibility index (Phi) is 3.97. The van der Waals surface area contributed by atoms with E-state index >= 15 is 0 Å². The monoisotopic (exact) mass is 259 g/mol. The zero-order valence-corrected chi connectivity index (χ0v) is 10.4. The maximum absolute atomic E-state index is 11.7. The second-order valence-corrected chi connectivity index (χ2v) is 3.79. The number of aromatic nitrogens is 1. The van der Waals surface area contributed by atoms with Gasteiger partial charge in [-0.3, -0.25) is 0 Å². The molecular weight excluding hydrogens is 246 g/mol. The van der Waals surface area contributed by atoms with Crippen molar-refractivity contribution in [3.63, 3.8) is 0 Å².